The topological polar surface area (TPSA) is 61.3 Å². The van der Waals surface area contributed by atoms with Crippen molar-refractivity contribution in [3.05, 3.63) is 30.0 Å². The van der Waals surface area contributed by atoms with Gasteiger partial charge in [0, 0.05) is 23.5 Å². The van der Waals surface area contributed by atoms with Crippen molar-refractivity contribution >= 4 is 11.4 Å². The molecule has 0 aromatic heterocycles. The standard InChI is InChI=1S/C15H7F17N2O/c16-7(8(17)35-6-2-4(33)1-5(34)3-6)9(18,19)10(20,21)11(22,23)12(24,25)13(26,27)14(28,29)15(30,31)32/h1-3H,33-34H2. The minimum atomic E-state index is -8.65. The lowest BCUT2D eigenvalue weighted by molar-refractivity contribution is -0.451. The summed E-state index contributed by atoms with van der Waals surface area (Å²) >= 11 is 0. The zero-order valence-corrected chi connectivity index (χ0v) is 15.7. The Balaban J connectivity index is 3.61. The van der Waals surface area contributed by atoms with E-state index in [0.29, 0.717) is 12.1 Å². The highest BCUT2D eigenvalue weighted by atomic mass is 19.4. The van der Waals surface area contributed by atoms with Gasteiger partial charge in [-0.3, -0.25) is 0 Å². The zero-order chi connectivity index (χ0) is 28.2. The number of alkyl halides is 15. The number of rotatable bonds is 8. The van der Waals surface area contributed by atoms with Crippen molar-refractivity contribution in [2.24, 2.45) is 0 Å². The predicted octanol–water partition coefficient (Wildman–Crippen LogP) is 6.71. The third-order valence-corrected chi connectivity index (χ3v) is 3.93. The first kappa shape index (κ1) is 30.2. The molecular weight excluding hydrogens is 547 g/mol. The molecule has 0 aliphatic heterocycles. The smallest absolute Gasteiger partial charge is 0.429 e. The lowest BCUT2D eigenvalue weighted by Crippen LogP contribution is -2.72. The van der Waals surface area contributed by atoms with Crippen LogP contribution in [-0.2, 0) is 0 Å². The van der Waals surface area contributed by atoms with Crippen LogP contribution >= 0.6 is 0 Å². The van der Waals surface area contributed by atoms with Crippen molar-refractivity contribution in [3.8, 4) is 5.75 Å². The van der Waals surface area contributed by atoms with Gasteiger partial charge < -0.3 is 16.2 Å². The Hall–Kier alpha value is -2.83. The Kier molecular flexibility index (Phi) is 7.24. The second-order valence-corrected chi connectivity index (χ2v) is 6.47. The third-order valence-electron chi connectivity index (χ3n) is 3.93. The van der Waals surface area contributed by atoms with Crippen molar-refractivity contribution in [1.29, 1.82) is 0 Å². The SMILES string of the molecule is Nc1cc(N)cc(OC(F)=C(F)C(F)(F)C(F)(F)C(F)(F)C(F)(F)C(F)(F)C(F)(F)C(F)(F)F)c1. The highest BCUT2D eigenvalue weighted by molar-refractivity contribution is 5.56. The third kappa shape index (κ3) is 4.45. The fourth-order valence-corrected chi connectivity index (χ4v) is 2.08. The maximum atomic E-state index is 13.6. The summed E-state index contributed by atoms with van der Waals surface area (Å²) in [5, 5.41) is 0. The van der Waals surface area contributed by atoms with Crippen LogP contribution < -0.4 is 16.2 Å². The first-order valence-corrected chi connectivity index (χ1v) is 7.93. The highest BCUT2D eigenvalue weighted by Crippen LogP contribution is 2.63. The molecule has 0 saturated heterocycles. The second kappa shape index (κ2) is 8.38. The Morgan fingerprint density at radius 2 is 0.886 bits per heavy atom. The summed E-state index contributed by atoms with van der Waals surface area (Å²) < 4.78 is 226. The molecule has 1 aromatic carbocycles. The minimum absolute atomic E-state index is 0.433. The van der Waals surface area contributed by atoms with Gasteiger partial charge in [-0.05, 0) is 6.07 Å². The van der Waals surface area contributed by atoms with Gasteiger partial charge in [-0.15, -0.1) is 0 Å². The van der Waals surface area contributed by atoms with E-state index in [1.165, 1.54) is 0 Å². The molecule has 4 N–H and O–H groups in total. The van der Waals surface area contributed by atoms with E-state index < -0.39 is 70.7 Å². The van der Waals surface area contributed by atoms with Gasteiger partial charge in [0.25, 0.3) is 0 Å². The molecule has 35 heavy (non-hydrogen) atoms. The van der Waals surface area contributed by atoms with Crippen molar-refractivity contribution < 1.29 is 79.4 Å². The molecule has 3 nitrogen and oxygen atoms in total. The molecule has 0 bridgehead atoms. The molecule has 0 spiro atoms. The van der Waals surface area contributed by atoms with Gasteiger partial charge in [-0.2, -0.15) is 74.6 Å². The number of allylic oxidation sites excluding steroid dienone is 1. The van der Waals surface area contributed by atoms with Gasteiger partial charge in [0.15, 0.2) is 0 Å². The molecule has 0 radical (unpaired) electrons. The molecule has 0 aliphatic carbocycles. The van der Waals surface area contributed by atoms with Crippen LogP contribution in [0.2, 0.25) is 0 Å². The molecule has 0 heterocycles. The lowest BCUT2D eigenvalue weighted by Gasteiger charge is -2.41. The molecule has 1 aromatic rings. The summed E-state index contributed by atoms with van der Waals surface area (Å²) in [6.45, 7) is 0. The fraction of sp³-hybridized carbons (Fsp3) is 0.467. The Morgan fingerprint density at radius 3 is 1.26 bits per heavy atom. The van der Waals surface area contributed by atoms with E-state index in [1.54, 1.807) is 0 Å². The number of hydrogen-bond donors (Lipinski definition) is 2. The molecule has 0 aliphatic rings. The van der Waals surface area contributed by atoms with E-state index in [0.717, 1.165) is 6.07 Å². The van der Waals surface area contributed by atoms with Crippen LogP contribution in [0.15, 0.2) is 30.0 Å². The van der Waals surface area contributed by atoms with Gasteiger partial charge in [0.2, 0.25) is 5.83 Å². The fourth-order valence-electron chi connectivity index (χ4n) is 2.08. The molecule has 20 heteroatoms. The average molecular weight is 554 g/mol. The number of nitrogens with two attached hydrogens (primary N) is 2. The maximum absolute atomic E-state index is 13.6. The quantitative estimate of drug-likeness (QED) is 0.213. The predicted molar refractivity (Wildman–Crippen MR) is 80.9 cm³/mol. The molecule has 0 atom stereocenters. The van der Waals surface area contributed by atoms with Crippen LogP contribution in [0.1, 0.15) is 0 Å². The largest absolute Gasteiger partial charge is 0.460 e. The summed E-state index contributed by atoms with van der Waals surface area (Å²) in [5.74, 6) is -55.5. The summed E-state index contributed by atoms with van der Waals surface area (Å²) in [7, 11) is 0. The van der Waals surface area contributed by atoms with E-state index in [-0.39, 0.29) is 0 Å². The molecule has 0 fully saturated rings. The van der Waals surface area contributed by atoms with E-state index in [1.807, 2.05) is 0 Å². The van der Waals surface area contributed by atoms with Crippen LogP contribution in [-0.4, -0.2) is 41.7 Å². The van der Waals surface area contributed by atoms with E-state index >= 15 is 0 Å². The van der Waals surface area contributed by atoms with Gasteiger partial charge in [0.1, 0.15) is 5.75 Å². The van der Waals surface area contributed by atoms with E-state index in [4.69, 9.17) is 11.5 Å². The van der Waals surface area contributed by atoms with Gasteiger partial charge in [-0.1, -0.05) is 0 Å². The summed E-state index contributed by atoms with van der Waals surface area (Å²) in [5.41, 5.74) is 9.28. The Morgan fingerprint density at radius 1 is 0.543 bits per heavy atom. The number of nitrogen functional groups attached to an aromatic ring is 2. The Labute approximate surface area is 181 Å². The van der Waals surface area contributed by atoms with Gasteiger partial charge >= 0.3 is 47.7 Å². The summed E-state index contributed by atoms with van der Waals surface area (Å²) in [6.07, 6.45) is -7.79. The van der Waals surface area contributed by atoms with Crippen LogP contribution in [0.4, 0.5) is 86.0 Å². The van der Waals surface area contributed by atoms with E-state index in [9.17, 15) is 74.6 Å². The zero-order valence-electron chi connectivity index (χ0n) is 15.7. The maximum Gasteiger partial charge on any atom is 0.460 e. The first-order chi connectivity index (χ1) is 15.2. The van der Waals surface area contributed by atoms with Crippen molar-refractivity contribution in [3.63, 3.8) is 0 Å². The van der Waals surface area contributed by atoms with E-state index in [2.05, 4.69) is 4.74 Å². The molecule has 202 valence electrons. The van der Waals surface area contributed by atoms with Crippen LogP contribution in [0.3, 0.4) is 0 Å². The lowest BCUT2D eigenvalue weighted by atomic mass is 9.91. The number of anilines is 2. The number of hydrogen-bond acceptors (Lipinski definition) is 3. The van der Waals surface area contributed by atoms with Crippen LogP contribution in [0.5, 0.6) is 5.75 Å². The molecule has 0 unspecified atom stereocenters. The Bertz CT molecular complexity index is 962. The van der Waals surface area contributed by atoms with Gasteiger partial charge in [-0.25, -0.2) is 0 Å². The molecule has 1 rings (SSSR count). The summed E-state index contributed by atoms with van der Waals surface area (Å²) in [4.78, 5) is 0. The molecule has 0 amide bonds. The monoisotopic (exact) mass is 554 g/mol. The van der Waals surface area contributed by atoms with Crippen LogP contribution in [0, 0.1) is 0 Å². The minimum Gasteiger partial charge on any atom is -0.429 e. The van der Waals surface area contributed by atoms with Crippen LogP contribution in [0.25, 0.3) is 0 Å². The summed E-state index contributed by atoms with van der Waals surface area (Å²) in [6, 6.07) is -1.86. The molecular formula is C15H7F17N2O. The van der Waals surface area contributed by atoms with Gasteiger partial charge in [0.05, 0.1) is 0 Å². The highest BCUT2D eigenvalue weighted by Gasteiger charge is 2.93. The molecule has 0 saturated carbocycles. The van der Waals surface area contributed by atoms with Crippen molar-refractivity contribution in [1.82, 2.24) is 0 Å². The normalized spacial score (nSPS) is 15.7. The van der Waals surface area contributed by atoms with Crippen molar-refractivity contribution in [2.75, 3.05) is 11.5 Å². The average Bonchev–Trinajstić information content (AvgIpc) is 2.64. The number of benzene rings is 1. The first-order valence-electron chi connectivity index (χ1n) is 7.93. The number of halogens is 17. The second-order valence-electron chi connectivity index (χ2n) is 6.47. The van der Waals surface area contributed by atoms with Crippen molar-refractivity contribution in [2.45, 2.75) is 41.7 Å². The number of ether oxygens (including phenoxy) is 1.